The molecule has 0 spiro atoms. The standard InChI is InChI=1S/C21H18ClN5O8S/c1-36-7-6-18(25-20(29)15-4-2-14(27(33)34)9-16(15)22)21(30)35-11-19(28)24-17-5-3-13(26(31)32)8-12(17)10-23/h2-5,8-9,18H,6-7,11H2,1H3,(H,24,28)(H,25,29)/t18-/m1/s1. The number of nitro groups is 2. The van der Waals surface area contributed by atoms with Crippen LogP contribution in [0.5, 0.6) is 0 Å². The van der Waals surface area contributed by atoms with Crippen LogP contribution >= 0.6 is 23.4 Å². The normalized spacial score (nSPS) is 11.0. The van der Waals surface area contributed by atoms with Gasteiger partial charge in [0.25, 0.3) is 23.2 Å². The number of carbonyl (C=O) groups excluding carboxylic acids is 3. The highest BCUT2D eigenvalue weighted by molar-refractivity contribution is 7.98. The number of thioether (sulfide) groups is 1. The maximum absolute atomic E-state index is 12.6. The van der Waals surface area contributed by atoms with Crippen LogP contribution in [-0.2, 0) is 14.3 Å². The molecule has 0 fully saturated rings. The van der Waals surface area contributed by atoms with E-state index in [2.05, 4.69) is 10.6 Å². The van der Waals surface area contributed by atoms with E-state index < -0.39 is 40.3 Å². The molecular formula is C21H18ClN5O8S. The van der Waals surface area contributed by atoms with Gasteiger partial charge < -0.3 is 15.4 Å². The number of nitrogens with one attached hydrogen (secondary N) is 2. The predicted molar refractivity (Wildman–Crippen MR) is 130 cm³/mol. The SMILES string of the molecule is CSCC[C@@H](NC(=O)c1ccc([N+](=O)[O-])cc1Cl)C(=O)OCC(=O)Nc1ccc([N+](=O)[O-])cc1C#N. The van der Waals surface area contributed by atoms with Gasteiger partial charge in [-0.2, -0.15) is 17.0 Å². The van der Waals surface area contributed by atoms with Crippen LogP contribution in [0.2, 0.25) is 5.02 Å². The summed E-state index contributed by atoms with van der Waals surface area (Å²) in [5, 5.41) is 35.4. The van der Waals surface area contributed by atoms with E-state index in [4.69, 9.17) is 21.6 Å². The molecule has 2 aromatic rings. The lowest BCUT2D eigenvalue weighted by Gasteiger charge is -2.18. The minimum Gasteiger partial charge on any atom is -0.454 e. The first-order valence-electron chi connectivity index (χ1n) is 9.96. The molecule has 2 N–H and O–H groups in total. The van der Waals surface area contributed by atoms with Crippen molar-refractivity contribution in [1.82, 2.24) is 5.32 Å². The number of nitro benzene ring substituents is 2. The molecule has 0 heterocycles. The smallest absolute Gasteiger partial charge is 0.329 e. The fourth-order valence-electron chi connectivity index (χ4n) is 2.79. The first-order valence-corrected chi connectivity index (χ1v) is 11.7. The number of nitrogens with zero attached hydrogens (tertiary/aromatic N) is 3. The van der Waals surface area contributed by atoms with Crippen LogP contribution in [0.4, 0.5) is 17.1 Å². The Morgan fingerprint density at radius 3 is 2.36 bits per heavy atom. The summed E-state index contributed by atoms with van der Waals surface area (Å²) < 4.78 is 5.00. The Bertz CT molecular complexity index is 1250. The lowest BCUT2D eigenvalue weighted by atomic mass is 10.1. The van der Waals surface area contributed by atoms with Gasteiger partial charge >= 0.3 is 5.97 Å². The fourth-order valence-corrected chi connectivity index (χ4v) is 3.53. The zero-order valence-electron chi connectivity index (χ0n) is 18.6. The van der Waals surface area contributed by atoms with Crippen LogP contribution in [0.3, 0.4) is 0 Å². The van der Waals surface area contributed by atoms with Crippen LogP contribution in [0.15, 0.2) is 36.4 Å². The number of hydrogen-bond acceptors (Lipinski definition) is 10. The van der Waals surface area contributed by atoms with Gasteiger partial charge in [-0.05, 0) is 30.6 Å². The van der Waals surface area contributed by atoms with E-state index in [1.807, 2.05) is 0 Å². The second-order valence-corrected chi connectivity index (χ2v) is 8.38. The molecule has 2 rings (SSSR count). The Labute approximate surface area is 213 Å². The van der Waals surface area contributed by atoms with E-state index in [1.54, 1.807) is 12.3 Å². The summed E-state index contributed by atoms with van der Waals surface area (Å²) in [6, 6.07) is 7.07. The van der Waals surface area contributed by atoms with Gasteiger partial charge in [0.05, 0.1) is 31.7 Å². The molecule has 0 saturated heterocycles. The number of carbonyl (C=O) groups is 3. The molecule has 0 radical (unpaired) electrons. The molecule has 1 atom stereocenters. The molecule has 188 valence electrons. The Morgan fingerprint density at radius 2 is 1.78 bits per heavy atom. The summed E-state index contributed by atoms with van der Waals surface area (Å²) in [5.74, 6) is -2.06. The van der Waals surface area contributed by atoms with Gasteiger partial charge in [0.15, 0.2) is 6.61 Å². The Morgan fingerprint density at radius 1 is 1.14 bits per heavy atom. The number of nitriles is 1. The number of hydrogen-bond donors (Lipinski definition) is 2. The Balaban J connectivity index is 2.05. The number of amides is 2. The number of rotatable bonds is 11. The van der Waals surface area contributed by atoms with Gasteiger partial charge in [0.1, 0.15) is 12.1 Å². The molecule has 13 nitrogen and oxygen atoms in total. The molecule has 36 heavy (non-hydrogen) atoms. The highest BCUT2D eigenvalue weighted by Gasteiger charge is 2.25. The maximum atomic E-state index is 12.6. The first kappa shape index (κ1) is 28.0. The third-order valence-electron chi connectivity index (χ3n) is 4.56. The van der Waals surface area contributed by atoms with Crippen molar-refractivity contribution in [2.45, 2.75) is 12.5 Å². The molecule has 0 bridgehead atoms. The second-order valence-electron chi connectivity index (χ2n) is 6.98. The summed E-state index contributed by atoms with van der Waals surface area (Å²) in [5.41, 5.74) is -0.910. The summed E-state index contributed by atoms with van der Waals surface area (Å²) in [6.07, 6.45) is 1.93. The Hall–Kier alpha value is -4.22. The van der Waals surface area contributed by atoms with E-state index >= 15 is 0 Å². The van der Waals surface area contributed by atoms with Gasteiger partial charge in [-0.1, -0.05) is 11.6 Å². The topological polar surface area (TPSA) is 195 Å². The molecule has 2 amide bonds. The third kappa shape index (κ3) is 7.65. The monoisotopic (exact) mass is 535 g/mol. The molecule has 0 aliphatic carbocycles. The van der Waals surface area contributed by atoms with E-state index in [0.29, 0.717) is 5.75 Å². The van der Waals surface area contributed by atoms with Gasteiger partial charge in [-0.3, -0.25) is 29.8 Å². The molecule has 0 aromatic heterocycles. The maximum Gasteiger partial charge on any atom is 0.329 e. The number of non-ortho nitro benzene ring substituents is 2. The second kappa shape index (κ2) is 13.0. The largest absolute Gasteiger partial charge is 0.454 e. The van der Waals surface area contributed by atoms with Crippen molar-refractivity contribution >= 4 is 58.2 Å². The Kier molecular flexibility index (Phi) is 10.1. The number of anilines is 1. The van der Waals surface area contributed by atoms with Crippen molar-refractivity contribution in [3.8, 4) is 6.07 Å². The van der Waals surface area contributed by atoms with Crippen LogP contribution in [0.25, 0.3) is 0 Å². The molecule has 0 aliphatic rings. The van der Waals surface area contributed by atoms with Crippen molar-refractivity contribution < 1.29 is 29.0 Å². The lowest BCUT2D eigenvalue weighted by molar-refractivity contribution is -0.385. The summed E-state index contributed by atoms with van der Waals surface area (Å²) in [7, 11) is 0. The minimum atomic E-state index is -1.15. The number of ether oxygens (including phenoxy) is 1. The summed E-state index contributed by atoms with van der Waals surface area (Å²) in [6.45, 7) is -0.759. The highest BCUT2D eigenvalue weighted by atomic mass is 35.5. The first-order chi connectivity index (χ1) is 17.1. The van der Waals surface area contributed by atoms with E-state index in [1.165, 1.54) is 17.8 Å². The molecule has 15 heteroatoms. The molecule has 0 unspecified atom stereocenters. The predicted octanol–water partition coefficient (Wildman–Crippen LogP) is 3.06. The van der Waals surface area contributed by atoms with Crippen LogP contribution in [0.1, 0.15) is 22.3 Å². The minimum absolute atomic E-state index is 0.0100. The molecule has 2 aromatic carbocycles. The van der Waals surface area contributed by atoms with Crippen molar-refractivity contribution in [3.63, 3.8) is 0 Å². The fraction of sp³-hybridized carbons (Fsp3) is 0.238. The van der Waals surface area contributed by atoms with Gasteiger partial charge in [0, 0.05) is 24.3 Å². The van der Waals surface area contributed by atoms with E-state index in [9.17, 15) is 34.6 Å². The summed E-state index contributed by atoms with van der Waals surface area (Å²) >= 11 is 7.36. The lowest BCUT2D eigenvalue weighted by Crippen LogP contribution is -2.43. The average Bonchev–Trinajstić information content (AvgIpc) is 2.84. The van der Waals surface area contributed by atoms with Crippen molar-refractivity contribution in [2.75, 3.05) is 23.9 Å². The zero-order chi connectivity index (χ0) is 26.8. The third-order valence-corrected chi connectivity index (χ3v) is 5.52. The van der Waals surface area contributed by atoms with Crippen molar-refractivity contribution in [2.24, 2.45) is 0 Å². The van der Waals surface area contributed by atoms with E-state index in [-0.39, 0.29) is 39.6 Å². The van der Waals surface area contributed by atoms with Crippen molar-refractivity contribution in [3.05, 3.63) is 72.8 Å². The average molecular weight is 536 g/mol. The number of halogens is 1. The number of benzene rings is 2. The molecule has 0 saturated carbocycles. The quantitative estimate of drug-likeness (QED) is 0.245. The van der Waals surface area contributed by atoms with Crippen LogP contribution in [0, 0.1) is 31.6 Å². The van der Waals surface area contributed by atoms with Crippen LogP contribution < -0.4 is 10.6 Å². The van der Waals surface area contributed by atoms with Gasteiger partial charge in [-0.25, -0.2) is 4.79 Å². The number of esters is 1. The zero-order valence-corrected chi connectivity index (χ0v) is 20.1. The molecule has 0 aliphatic heterocycles. The van der Waals surface area contributed by atoms with Crippen LogP contribution in [-0.4, -0.2) is 52.3 Å². The summed E-state index contributed by atoms with van der Waals surface area (Å²) in [4.78, 5) is 57.7. The van der Waals surface area contributed by atoms with Gasteiger partial charge in [-0.15, -0.1) is 0 Å². The van der Waals surface area contributed by atoms with E-state index in [0.717, 1.165) is 30.3 Å². The van der Waals surface area contributed by atoms with Crippen molar-refractivity contribution in [1.29, 1.82) is 5.26 Å². The van der Waals surface area contributed by atoms with Gasteiger partial charge in [0.2, 0.25) is 0 Å². The highest BCUT2D eigenvalue weighted by Crippen LogP contribution is 2.23. The molecular weight excluding hydrogens is 518 g/mol.